The second-order valence-corrected chi connectivity index (χ2v) is 6.33. The van der Waals surface area contributed by atoms with Crippen LogP contribution in [0.4, 0.5) is 5.69 Å². The summed E-state index contributed by atoms with van der Waals surface area (Å²) in [6, 6.07) is 0. The Labute approximate surface area is 137 Å². The number of ether oxygens (including phenoxy) is 1. The molecule has 0 bridgehead atoms. The monoisotopic (exact) mass is 322 g/mol. The van der Waals surface area contributed by atoms with Gasteiger partial charge >= 0.3 is 0 Å². The molecule has 0 radical (unpaired) electrons. The minimum Gasteiger partial charge on any atom is -0.382 e. The van der Waals surface area contributed by atoms with Crippen LogP contribution in [0, 0.1) is 13.8 Å². The first-order valence-corrected chi connectivity index (χ1v) is 7.88. The van der Waals surface area contributed by atoms with Crippen molar-refractivity contribution < 1.29 is 14.3 Å². The van der Waals surface area contributed by atoms with Crippen molar-refractivity contribution in [1.82, 2.24) is 14.7 Å². The molecule has 0 spiro atoms. The molecule has 1 fully saturated rings. The lowest BCUT2D eigenvalue weighted by molar-refractivity contribution is -0.136. The molecule has 7 nitrogen and oxygen atoms in total. The van der Waals surface area contributed by atoms with Gasteiger partial charge < -0.3 is 15.0 Å². The minimum absolute atomic E-state index is 0.0129. The third kappa shape index (κ3) is 3.39. The summed E-state index contributed by atoms with van der Waals surface area (Å²) in [5, 5.41) is 7.26. The van der Waals surface area contributed by atoms with Gasteiger partial charge in [0.25, 0.3) is 0 Å². The van der Waals surface area contributed by atoms with Crippen LogP contribution in [0.25, 0.3) is 0 Å². The minimum atomic E-state index is -0.547. The molecule has 0 aliphatic carbocycles. The Balaban J connectivity index is 2.17. The maximum atomic E-state index is 12.6. The first-order valence-electron chi connectivity index (χ1n) is 7.88. The van der Waals surface area contributed by atoms with E-state index in [1.54, 1.807) is 23.6 Å². The number of methoxy groups -OCH3 is 1. The van der Waals surface area contributed by atoms with Gasteiger partial charge in [0.15, 0.2) is 0 Å². The lowest BCUT2D eigenvalue weighted by Gasteiger charge is -2.37. The molecule has 2 rings (SSSR count). The van der Waals surface area contributed by atoms with E-state index in [4.69, 9.17) is 4.74 Å². The molecule has 1 saturated heterocycles. The summed E-state index contributed by atoms with van der Waals surface area (Å²) >= 11 is 0. The smallest absolute Gasteiger partial charge is 0.226 e. The van der Waals surface area contributed by atoms with Gasteiger partial charge in [-0.05, 0) is 26.7 Å². The Hall–Kier alpha value is -1.89. The maximum absolute atomic E-state index is 12.6. The third-order valence-electron chi connectivity index (χ3n) is 4.65. The lowest BCUT2D eigenvalue weighted by atomic mass is 9.92. The van der Waals surface area contributed by atoms with E-state index in [1.165, 1.54) is 0 Å². The molecule has 23 heavy (non-hydrogen) atoms. The summed E-state index contributed by atoms with van der Waals surface area (Å²) in [6.45, 7) is 6.37. The van der Waals surface area contributed by atoms with Crippen molar-refractivity contribution in [3.63, 3.8) is 0 Å². The number of amides is 2. The molecule has 1 aromatic heterocycles. The average Bonchev–Trinajstić information content (AvgIpc) is 2.96. The van der Waals surface area contributed by atoms with Crippen molar-refractivity contribution in [1.29, 1.82) is 0 Å². The van der Waals surface area contributed by atoms with Gasteiger partial charge in [0.05, 0.1) is 35.6 Å². The molecular formula is C16H26N4O3. The van der Waals surface area contributed by atoms with E-state index in [0.29, 0.717) is 13.2 Å². The molecule has 0 unspecified atom stereocenters. The first kappa shape index (κ1) is 17.5. The van der Waals surface area contributed by atoms with Crippen LogP contribution < -0.4 is 5.32 Å². The SMILES string of the molecule is COC[C@@]1(CC(=O)Nc2c(C)nn(C)c2C)CCCN1C(C)=O. The van der Waals surface area contributed by atoms with E-state index in [0.717, 1.165) is 29.9 Å². The quantitative estimate of drug-likeness (QED) is 0.889. The van der Waals surface area contributed by atoms with Crippen LogP contribution in [0.2, 0.25) is 0 Å². The number of likely N-dealkylation sites (tertiary alicyclic amines) is 1. The summed E-state index contributed by atoms with van der Waals surface area (Å²) in [7, 11) is 3.45. The summed E-state index contributed by atoms with van der Waals surface area (Å²) < 4.78 is 7.07. The number of nitrogens with zero attached hydrogens (tertiary/aromatic N) is 3. The van der Waals surface area contributed by atoms with Crippen LogP contribution in [-0.2, 0) is 21.4 Å². The molecule has 0 saturated carbocycles. The number of aromatic nitrogens is 2. The van der Waals surface area contributed by atoms with E-state index < -0.39 is 5.54 Å². The van der Waals surface area contributed by atoms with Gasteiger partial charge in [0, 0.05) is 27.6 Å². The standard InChI is InChI=1S/C16H26N4O3/c1-11-15(12(2)19(4)18-11)17-14(22)9-16(10-23-5)7-6-8-20(16)13(3)21/h6-10H2,1-5H3,(H,17,22)/t16-/m0/s1. The fourth-order valence-electron chi connectivity index (χ4n) is 3.52. The average molecular weight is 322 g/mol. The fraction of sp³-hybridized carbons (Fsp3) is 0.688. The normalized spacial score (nSPS) is 20.8. The highest BCUT2D eigenvalue weighted by Gasteiger charge is 2.44. The molecule has 1 aromatic rings. The van der Waals surface area contributed by atoms with Gasteiger partial charge in [-0.1, -0.05) is 0 Å². The highest BCUT2D eigenvalue weighted by atomic mass is 16.5. The Morgan fingerprint density at radius 2 is 2.09 bits per heavy atom. The van der Waals surface area contributed by atoms with Gasteiger partial charge in [-0.15, -0.1) is 0 Å². The molecule has 1 N–H and O–H groups in total. The van der Waals surface area contributed by atoms with Gasteiger partial charge in [-0.2, -0.15) is 5.10 Å². The van der Waals surface area contributed by atoms with Crippen LogP contribution in [0.3, 0.4) is 0 Å². The van der Waals surface area contributed by atoms with Crippen molar-refractivity contribution in [2.24, 2.45) is 7.05 Å². The van der Waals surface area contributed by atoms with Crippen LogP contribution >= 0.6 is 0 Å². The van der Waals surface area contributed by atoms with Crippen molar-refractivity contribution in [2.75, 3.05) is 25.6 Å². The molecule has 1 aliphatic heterocycles. The van der Waals surface area contributed by atoms with Gasteiger partial charge in [-0.3, -0.25) is 14.3 Å². The molecule has 1 aliphatic rings. The molecular weight excluding hydrogens is 296 g/mol. The Bertz CT molecular complexity index is 611. The summed E-state index contributed by atoms with van der Waals surface area (Å²) in [4.78, 5) is 26.3. The Morgan fingerprint density at radius 1 is 1.39 bits per heavy atom. The van der Waals surface area contributed by atoms with Gasteiger partial charge in [0.2, 0.25) is 11.8 Å². The Morgan fingerprint density at radius 3 is 2.61 bits per heavy atom. The highest BCUT2D eigenvalue weighted by Crippen LogP contribution is 2.33. The van der Waals surface area contributed by atoms with E-state index >= 15 is 0 Å². The largest absolute Gasteiger partial charge is 0.382 e. The summed E-state index contributed by atoms with van der Waals surface area (Å²) in [5.74, 6) is -0.129. The van der Waals surface area contributed by atoms with E-state index in [1.807, 2.05) is 20.9 Å². The maximum Gasteiger partial charge on any atom is 0.226 e. The lowest BCUT2D eigenvalue weighted by Crippen LogP contribution is -2.51. The second kappa shape index (κ2) is 6.70. The van der Waals surface area contributed by atoms with Crippen molar-refractivity contribution in [3.8, 4) is 0 Å². The predicted octanol–water partition coefficient (Wildman–Crippen LogP) is 1.39. The Kier molecular flexibility index (Phi) is 5.09. The van der Waals surface area contributed by atoms with Crippen molar-refractivity contribution in [3.05, 3.63) is 11.4 Å². The van der Waals surface area contributed by atoms with E-state index in [9.17, 15) is 9.59 Å². The van der Waals surface area contributed by atoms with E-state index in [-0.39, 0.29) is 18.2 Å². The van der Waals surface area contributed by atoms with Gasteiger partial charge in [-0.25, -0.2) is 0 Å². The predicted molar refractivity (Wildman–Crippen MR) is 87.2 cm³/mol. The number of nitrogens with one attached hydrogen (secondary N) is 1. The topological polar surface area (TPSA) is 76.5 Å². The molecule has 2 heterocycles. The number of aryl methyl sites for hydroxylation is 2. The zero-order valence-corrected chi connectivity index (χ0v) is 14.6. The molecule has 128 valence electrons. The van der Waals surface area contributed by atoms with Crippen LogP contribution in [0.15, 0.2) is 0 Å². The third-order valence-corrected chi connectivity index (χ3v) is 4.65. The zero-order valence-electron chi connectivity index (χ0n) is 14.6. The zero-order chi connectivity index (χ0) is 17.2. The molecule has 7 heteroatoms. The van der Waals surface area contributed by atoms with Crippen molar-refractivity contribution >= 4 is 17.5 Å². The van der Waals surface area contributed by atoms with E-state index in [2.05, 4.69) is 10.4 Å². The number of hydrogen-bond acceptors (Lipinski definition) is 4. The van der Waals surface area contributed by atoms with Crippen LogP contribution in [0.5, 0.6) is 0 Å². The fourth-order valence-corrected chi connectivity index (χ4v) is 3.52. The summed E-state index contributed by atoms with van der Waals surface area (Å²) in [6.07, 6.45) is 1.90. The van der Waals surface area contributed by atoms with Crippen LogP contribution in [0.1, 0.15) is 37.6 Å². The molecule has 0 aromatic carbocycles. The van der Waals surface area contributed by atoms with Crippen LogP contribution in [-0.4, -0.2) is 52.3 Å². The van der Waals surface area contributed by atoms with Gasteiger partial charge in [0.1, 0.15) is 0 Å². The number of carbonyl (C=O) groups excluding carboxylic acids is 2. The molecule has 1 atom stereocenters. The number of anilines is 1. The number of carbonyl (C=O) groups is 2. The highest BCUT2D eigenvalue weighted by molar-refractivity contribution is 5.93. The molecule has 2 amide bonds. The first-order chi connectivity index (χ1) is 10.8. The number of rotatable bonds is 5. The van der Waals surface area contributed by atoms with Crippen molar-refractivity contribution in [2.45, 2.75) is 45.6 Å². The second-order valence-electron chi connectivity index (χ2n) is 6.33. The summed E-state index contributed by atoms with van der Waals surface area (Å²) in [5.41, 5.74) is 1.90. The number of hydrogen-bond donors (Lipinski definition) is 1.